The van der Waals surface area contributed by atoms with Gasteiger partial charge in [0, 0.05) is 12.0 Å². The number of nitrogens with zero attached hydrogens (tertiary/aromatic N) is 2. The largest absolute Gasteiger partial charge is 0.444 e. The fraction of sp³-hybridized carbons (Fsp3) is 0.692. The minimum Gasteiger partial charge on any atom is -0.444 e. The van der Waals surface area contributed by atoms with Crippen LogP contribution in [-0.2, 0) is 16.7 Å². The topological polar surface area (TPSA) is 58.2 Å². The van der Waals surface area contributed by atoms with Gasteiger partial charge in [0.05, 0.1) is 24.3 Å². The summed E-state index contributed by atoms with van der Waals surface area (Å²) >= 11 is 0. The SMILES string of the molecule is CC(C)(C)OC(=O)N1Cc2[nH]cnc2C(C)(C)C1. The molecule has 0 aromatic carbocycles. The van der Waals surface area contributed by atoms with Crippen LogP contribution in [0.3, 0.4) is 0 Å². The quantitative estimate of drug-likeness (QED) is 0.770. The summed E-state index contributed by atoms with van der Waals surface area (Å²) in [5.41, 5.74) is 1.43. The molecule has 0 unspecified atom stereocenters. The highest BCUT2D eigenvalue weighted by molar-refractivity contribution is 5.68. The Labute approximate surface area is 108 Å². The zero-order valence-electron chi connectivity index (χ0n) is 11.7. The second-order valence-corrected chi connectivity index (χ2v) is 6.45. The first-order chi connectivity index (χ1) is 8.19. The zero-order chi connectivity index (χ0) is 13.6. The summed E-state index contributed by atoms with van der Waals surface area (Å²) in [7, 11) is 0. The number of rotatable bonds is 0. The molecule has 0 saturated heterocycles. The van der Waals surface area contributed by atoms with Crippen LogP contribution in [-0.4, -0.2) is 33.1 Å². The molecule has 0 spiro atoms. The molecule has 0 fully saturated rings. The van der Waals surface area contributed by atoms with Crippen molar-refractivity contribution in [3.05, 3.63) is 17.7 Å². The second kappa shape index (κ2) is 4.00. The number of H-pyrrole nitrogens is 1. The van der Waals surface area contributed by atoms with Gasteiger partial charge < -0.3 is 14.6 Å². The molecule has 100 valence electrons. The predicted molar refractivity (Wildman–Crippen MR) is 68.3 cm³/mol. The first-order valence-electron chi connectivity index (χ1n) is 6.20. The van der Waals surface area contributed by atoms with Gasteiger partial charge in [-0.2, -0.15) is 0 Å². The van der Waals surface area contributed by atoms with Gasteiger partial charge in [-0.05, 0) is 20.8 Å². The Morgan fingerprint density at radius 2 is 2.17 bits per heavy atom. The maximum absolute atomic E-state index is 12.1. The molecule has 0 aliphatic carbocycles. The summed E-state index contributed by atoms with van der Waals surface area (Å²) in [6.07, 6.45) is 1.42. The van der Waals surface area contributed by atoms with E-state index in [1.807, 2.05) is 20.8 Å². The molecule has 1 aromatic rings. The van der Waals surface area contributed by atoms with Crippen LogP contribution >= 0.6 is 0 Å². The van der Waals surface area contributed by atoms with Gasteiger partial charge in [-0.15, -0.1) is 0 Å². The molecule has 5 nitrogen and oxygen atoms in total. The molecule has 5 heteroatoms. The van der Waals surface area contributed by atoms with Crippen molar-refractivity contribution in [2.24, 2.45) is 0 Å². The van der Waals surface area contributed by atoms with E-state index in [0.717, 1.165) is 11.4 Å². The second-order valence-electron chi connectivity index (χ2n) is 6.45. The van der Waals surface area contributed by atoms with Crippen LogP contribution in [0.2, 0.25) is 0 Å². The normalized spacial score (nSPS) is 18.4. The number of hydrogen-bond donors (Lipinski definition) is 1. The molecule has 1 aliphatic heterocycles. The highest BCUT2D eigenvalue weighted by Crippen LogP contribution is 2.31. The number of aromatic amines is 1. The van der Waals surface area contributed by atoms with Gasteiger partial charge in [-0.3, -0.25) is 0 Å². The summed E-state index contributed by atoms with van der Waals surface area (Å²) in [5, 5.41) is 0. The summed E-state index contributed by atoms with van der Waals surface area (Å²) in [6, 6.07) is 0. The Kier molecular flexibility index (Phi) is 2.87. The molecular formula is C13H21N3O2. The lowest BCUT2D eigenvalue weighted by molar-refractivity contribution is 0.0169. The molecule has 1 amide bonds. The molecule has 1 N–H and O–H groups in total. The number of carbonyl (C=O) groups excluding carboxylic acids is 1. The maximum Gasteiger partial charge on any atom is 0.410 e. The minimum atomic E-state index is -0.463. The molecule has 0 saturated carbocycles. The van der Waals surface area contributed by atoms with E-state index in [-0.39, 0.29) is 11.5 Å². The van der Waals surface area contributed by atoms with Crippen molar-refractivity contribution in [2.45, 2.75) is 52.2 Å². The minimum absolute atomic E-state index is 0.148. The van der Waals surface area contributed by atoms with Crippen LogP contribution in [0, 0.1) is 0 Å². The van der Waals surface area contributed by atoms with Crippen LogP contribution in [0.15, 0.2) is 6.33 Å². The number of hydrogen-bond acceptors (Lipinski definition) is 3. The van der Waals surface area contributed by atoms with Crippen molar-refractivity contribution in [2.75, 3.05) is 6.54 Å². The number of ether oxygens (including phenoxy) is 1. The molecule has 2 rings (SSSR count). The average molecular weight is 251 g/mol. The van der Waals surface area contributed by atoms with E-state index in [1.165, 1.54) is 0 Å². The lowest BCUT2D eigenvalue weighted by atomic mass is 9.84. The van der Waals surface area contributed by atoms with Gasteiger partial charge in [-0.25, -0.2) is 9.78 Å². The maximum atomic E-state index is 12.1. The van der Waals surface area contributed by atoms with Crippen molar-refractivity contribution in [3.8, 4) is 0 Å². The van der Waals surface area contributed by atoms with Crippen LogP contribution in [0.1, 0.15) is 46.0 Å². The highest BCUT2D eigenvalue weighted by Gasteiger charge is 2.37. The summed E-state index contributed by atoms with van der Waals surface area (Å²) in [5.74, 6) is 0. The van der Waals surface area contributed by atoms with Crippen molar-refractivity contribution in [1.82, 2.24) is 14.9 Å². The fourth-order valence-corrected chi connectivity index (χ4v) is 2.28. The molecule has 0 radical (unpaired) electrons. The van der Waals surface area contributed by atoms with Crippen molar-refractivity contribution in [1.29, 1.82) is 0 Å². The Morgan fingerprint density at radius 1 is 1.50 bits per heavy atom. The Balaban J connectivity index is 2.18. The van der Waals surface area contributed by atoms with Gasteiger partial charge in [0.2, 0.25) is 0 Å². The third kappa shape index (κ3) is 2.49. The Morgan fingerprint density at radius 3 is 2.78 bits per heavy atom. The van der Waals surface area contributed by atoms with Crippen LogP contribution in [0.5, 0.6) is 0 Å². The third-order valence-corrected chi connectivity index (χ3v) is 2.95. The van der Waals surface area contributed by atoms with E-state index in [0.29, 0.717) is 13.1 Å². The standard InChI is InChI=1S/C13H21N3O2/c1-12(2,3)18-11(17)16-6-9-10(15-8-14-9)13(4,5)7-16/h8H,6-7H2,1-5H3,(H,14,15). The van der Waals surface area contributed by atoms with Gasteiger partial charge in [0.1, 0.15) is 5.60 Å². The molecule has 2 heterocycles. The molecule has 1 aliphatic rings. The van der Waals surface area contributed by atoms with E-state index in [1.54, 1.807) is 11.2 Å². The molecular weight excluding hydrogens is 230 g/mol. The van der Waals surface area contributed by atoms with Gasteiger partial charge in [0.25, 0.3) is 0 Å². The lowest BCUT2D eigenvalue weighted by Crippen LogP contribution is -2.47. The van der Waals surface area contributed by atoms with Gasteiger partial charge in [-0.1, -0.05) is 13.8 Å². The fourth-order valence-electron chi connectivity index (χ4n) is 2.28. The Bertz CT molecular complexity index is 457. The van der Waals surface area contributed by atoms with E-state index in [2.05, 4.69) is 23.8 Å². The van der Waals surface area contributed by atoms with Crippen molar-refractivity contribution in [3.63, 3.8) is 0 Å². The summed E-state index contributed by atoms with van der Waals surface area (Å²) in [6.45, 7) is 11.0. The average Bonchev–Trinajstić information content (AvgIpc) is 2.62. The van der Waals surface area contributed by atoms with Crippen LogP contribution in [0.25, 0.3) is 0 Å². The number of aromatic nitrogens is 2. The summed E-state index contributed by atoms with van der Waals surface area (Å²) < 4.78 is 5.41. The number of nitrogens with one attached hydrogen (secondary N) is 1. The molecule has 1 aromatic heterocycles. The molecule has 0 atom stereocenters. The van der Waals surface area contributed by atoms with Crippen LogP contribution in [0.4, 0.5) is 4.79 Å². The first kappa shape index (κ1) is 12.9. The van der Waals surface area contributed by atoms with Crippen molar-refractivity contribution >= 4 is 6.09 Å². The zero-order valence-corrected chi connectivity index (χ0v) is 11.7. The monoisotopic (exact) mass is 251 g/mol. The first-order valence-corrected chi connectivity index (χ1v) is 6.20. The molecule has 0 bridgehead atoms. The predicted octanol–water partition coefficient (Wildman–Crippen LogP) is 2.44. The van der Waals surface area contributed by atoms with Crippen molar-refractivity contribution < 1.29 is 9.53 Å². The molecule has 18 heavy (non-hydrogen) atoms. The van der Waals surface area contributed by atoms with E-state index >= 15 is 0 Å². The van der Waals surface area contributed by atoms with E-state index in [9.17, 15) is 4.79 Å². The number of fused-ring (bicyclic) bond motifs is 1. The Hall–Kier alpha value is -1.52. The lowest BCUT2D eigenvalue weighted by Gasteiger charge is -2.37. The van der Waals surface area contributed by atoms with Gasteiger partial charge in [0.15, 0.2) is 0 Å². The summed E-state index contributed by atoms with van der Waals surface area (Å²) in [4.78, 5) is 21.3. The highest BCUT2D eigenvalue weighted by atomic mass is 16.6. The van der Waals surface area contributed by atoms with E-state index in [4.69, 9.17) is 4.74 Å². The van der Waals surface area contributed by atoms with Gasteiger partial charge >= 0.3 is 6.09 Å². The third-order valence-electron chi connectivity index (χ3n) is 2.95. The van der Waals surface area contributed by atoms with E-state index < -0.39 is 5.60 Å². The van der Waals surface area contributed by atoms with Crippen LogP contribution < -0.4 is 0 Å². The number of amides is 1. The number of imidazole rings is 1. The number of carbonyl (C=O) groups is 1. The smallest absolute Gasteiger partial charge is 0.410 e.